The number of carbonyl (C=O) groups excluding carboxylic acids is 1. The third kappa shape index (κ3) is 3.11. The van der Waals surface area contributed by atoms with E-state index in [1.807, 2.05) is 35.4 Å². The largest absolute Gasteiger partial charge is 0.490 e. The van der Waals surface area contributed by atoms with Gasteiger partial charge in [-0.2, -0.15) is 0 Å². The maximum absolute atomic E-state index is 13.1. The number of amides is 1. The fourth-order valence-electron chi connectivity index (χ4n) is 4.34. The van der Waals surface area contributed by atoms with E-state index in [9.17, 15) is 4.79 Å². The van der Waals surface area contributed by atoms with Crippen LogP contribution in [0, 0.1) is 0 Å². The molecule has 1 aromatic heterocycles. The number of aromatic nitrogens is 1. The summed E-state index contributed by atoms with van der Waals surface area (Å²) in [6.07, 6.45) is 5.28. The van der Waals surface area contributed by atoms with Crippen molar-refractivity contribution in [3.8, 4) is 11.5 Å². The highest BCUT2D eigenvalue weighted by atomic mass is 16.5. The van der Waals surface area contributed by atoms with Crippen LogP contribution in [0.5, 0.6) is 11.5 Å². The average Bonchev–Trinajstić information content (AvgIpc) is 3.30. The molecule has 3 aromatic rings. The number of rotatable bonds is 3. The van der Waals surface area contributed by atoms with Crippen molar-refractivity contribution in [2.24, 2.45) is 0 Å². The number of ether oxygens (including phenoxy) is 2. The number of nitrogens with zero attached hydrogens (tertiary/aromatic N) is 1. The Morgan fingerprint density at radius 3 is 2.86 bits per heavy atom. The zero-order valence-electron chi connectivity index (χ0n) is 15.8. The van der Waals surface area contributed by atoms with Crippen LogP contribution in [0.2, 0.25) is 0 Å². The van der Waals surface area contributed by atoms with E-state index in [2.05, 4.69) is 23.2 Å². The van der Waals surface area contributed by atoms with Crippen LogP contribution >= 0.6 is 0 Å². The molecule has 2 aromatic carbocycles. The molecule has 0 bridgehead atoms. The van der Waals surface area contributed by atoms with Crippen molar-refractivity contribution in [3.63, 3.8) is 0 Å². The van der Waals surface area contributed by atoms with E-state index < -0.39 is 0 Å². The van der Waals surface area contributed by atoms with Crippen molar-refractivity contribution >= 4 is 16.8 Å². The number of hydrogen-bond donors (Lipinski definition) is 1. The third-order valence-electron chi connectivity index (χ3n) is 5.75. The van der Waals surface area contributed by atoms with Crippen molar-refractivity contribution < 1.29 is 14.3 Å². The fourth-order valence-corrected chi connectivity index (χ4v) is 4.34. The molecule has 1 saturated heterocycles. The zero-order valence-corrected chi connectivity index (χ0v) is 15.8. The lowest BCUT2D eigenvalue weighted by Crippen LogP contribution is -2.31. The number of hydrogen-bond acceptors (Lipinski definition) is 3. The molecule has 0 aliphatic carbocycles. The minimum Gasteiger partial charge on any atom is -0.490 e. The molecule has 1 N–H and O–H groups in total. The lowest BCUT2D eigenvalue weighted by atomic mass is 10.0. The molecule has 5 heteroatoms. The van der Waals surface area contributed by atoms with Crippen molar-refractivity contribution in [3.05, 3.63) is 59.8 Å². The Balaban J connectivity index is 1.38. The van der Waals surface area contributed by atoms with Gasteiger partial charge in [0, 0.05) is 30.1 Å². The highest BCUT2D eigenvalue weighted by molar-refractivity contribution is 5.89. The third-order valence-corrected chi connectivity index (χ3v) is 5.75. The number of aromatic amines is 1. The topological polar surface area (TPSA) is 54.6 Å². The quantitative estimate of drug-likeness (QED) is 0.744. The first kappa shape index (κ1) is 17.2. The normalized spacial score (nSPS) is 19.0. The lowest BCUT2D eigenvalue weighted by Gasteiger charge is -2.26. The van der Waals surface area contributed by atoms with Crippen LogP contribution in [0.15, 0.2) is 48.7 Å². The highest BCUT2D eigenvalue weighted by Gasteiger charge is 2.31. The first-order valence-electron chi connectivity index (χ1n) is 10.0. The first-order chi connectivity index (χ1) is 13.8. The molecule has 5 rings (SSSR count). The molecule has 0 radical (unpaired) electrons. The number of carbonyl (C=O) groups is 1. The molecular formula is C23H24N2O3. The SMILES string of the molecule is O=C(Cc1c[nH]c2ccccc12)N1CCC[C@@H]1c1ccc2c(c1)OCCCO2. The standard InChI is InChI=1S/C23H24N2O3/c26-23(14-17-15-24-19-6-2-1-5-18(17)19)25-10-3-7-20(25)16-8-9-21-22(13-16)28-12-4-11-27-21/h1-2,5-6,8-9,13,15,20,24H,3-4,7,10-12,14H2/t20-/m1/s1. The number of likely N-dealkylation sites (tertiary alicyclic amines) is 1. The molecule has 144 valence electrons. The predicted molar refractivity (Wildman–Crippen MR) is 108 cm³/mol. The van der Waals surface area contributed by atoms with Crippen LogP contribution < -0.4 is 9.47 Å². The number of H-pyrrole nitrogens is 1. The van der Waals surface area contributed by atoms with Crippen LogP contribution in [0.1, 0.15) is 36.4 Å². The van der Waals surface area contributed by atoms with Gasteiger partial charge >= 0.3 is 0 Å². The van der Waals surface area contributed by atoms with E-state index >= 15 is 0 Å². The van der Waals surface area contributed by atoms with Crippen LogP contribution in [0.3, 0.4) is 0 Å². The molecule has 0 spiro atoms. The first-order valence-corrected chi connectivity index (χ1v) is 10.0. The summed E-state index contributed by atoms with van der Waals surface area (Å²) in [4.78, 5) is 18.4. The minimum absolute atomic E-state index is 0.106. The van der Waals surface area contributed by atoms with Crippen LogP contribution in [0.4, 0.5) is 0 Å². The highest BCUT2D eigenvalue weighted by Crippen LogP contribution is 2.38. The van der Waals surface area contributed by atoms with E-state index in [0.29, 0.717) is 19.6 Å². The van der Waals surface area contributed by atoms with Gasteiger partial charge < -0.3 is 19.4 Å². The fraction of sp³-hybridized carbons (Fsp3) is 0.348. The van der Waals surface area contributed by atoms with Gasteiger partial charge in [0.1, 0.15) is 0 Å². The Morgan fingerprint density at radius 2 is 1.93 bits per heavy atom. The molecule has 2 aliphatic heterocycles. The second-order valence-corrected chi connectivity index (χ2v) is 7.54. The Hall–Kier alpha value is -2.95. The van der Waals surface area contributed by atoms with Gasteiger partial charge in [0.05, 0.1) is 25.7 Å². The Morgan fingerprint density at radius 1 is 1.07 bits per heavy atom. The Labute approximate surface area is 164 Å². The summed E-state index contributed by atoms with van der Waals surface area (Å²) in [7, 11) is 0. The van der Waals surface area contributed by atoms with Gasteiger partial charge in [0.15, 0.2) is 11.5 Å². The summed E-state index contributed by atoms with van der Waals surface area (Å²) in [5.74, 6) is 1.78. The van der Waals surface area contributed by atoms with Crippen molar-refractivity contribution in [2.45, 2.75) is 31.7 Å². The van der Waals surface area contributed by atoms with E-state index in [-0.39, 0.29) is 11.9 Å². The summed E-state index contributed by atoms with van der Waals surface area (Å²) < 4.78 is 11.6. The van der Waals surface area contributed by atoms with Crippen molar-refractivity contribution in [1.29, 1.82) is 0 Å². The maximum Gasteiger partial charge on any atom is 0.227 e. The van der Waals surface area contributed by atoms with E-state index in [4.69, 9.17) is 9.47 Å². The molecular weight excluding hydrogens is 352 g/mol. The average molecular weight is 376 g/mol. The molecule has 2 aliphatic rings. The second-order valence-electron chi connectivity index (χ2n) is 7.54. The molecule has 28 heavy (non-hydrogen) atoms. The van der Waals surface area contributed by atoms with Gasteiger partial charge in [-0.15, -0.1) is 0 Å². The van der Waals surface area contributed by atoms with Crippen LogP contribution in [-0.4, -0.2) is 35.5 Å². The lowest BCUT2D eigenvalue weighted by molar-refractivity contribution is -0.131. The van der Waals surface area contributed by atoms with Crippen LogP contribution in [0.25, 0.3) is 10.9 Å². The van der Waals surface area contributed by atoms with E-state index in [1.54, 1.807) is 0 Å². The second kappa shape index (κ2) is 7.23. The summed E-state index contributed by atoms with van der Waals surface area (Å²) in [5, 5.41) is 1.13. The Bertz CT molecular complexity index is 1010. The summed E-state index contributed by atoms with van der Waals surface area (Å²) in [6.45, 7) is 2.16. The summed E-state index contributed by atoms with van der Waals surface area (Å²) in [5.41, 5.74) is 3.27. The van der Waals surface area contributed by atoms with Gasteiger partial charge in [0.25, 0.3) is 0 Å². The van der Waals surface area contributed by atoms with Gasteiger partial charge in [0.2, 0.25) is 5.91 Å². The maximum atomic E-state index is 13.1. The summed E-state index contributed by atoms with van der Waals surface area (Å²) in [6, 6.07) is 14.4. The summed E-state index contributed by atoms with van der Waals surface area (Å²) >= 11 is 0. The van der Waals surface area contributed by atoms with Gasteiger partial charge in [-0.25, -0.2) is 0 Å². The molecule has 1 atom stereocenters. The monoisotopic (exact) mass is 376 g/mol. The molecule has 5 nitrogen and oxygen atoms in total. The Kier molecular flexibility index (Phi) is 4.43. The van der Waals surface area contributed by atoms with Crippen molar-refractivity contribution in [2.75, 3.05) is 19.8 Å². The molecule has 1 amide bonds. The van der Waals surface area contributed by atoms with E-state index in [0.717, 1.165) is 59.3 Å². The number of nitrogens with one attached hydrogen (secondary N) is 1. The number of para-hydroxylation sites is 1. The van der Waals surface area contributed by atoms with Crippen LogP contribution in [-0.2, 0) is 11.2 Å². The number of benzene rings is 2. The smallest absolute Gasteiger partial charge is 0.227 e. The van der Waals surface area contributed by atoms with Gasteiger partial charge in [-0.05, 0) is 42.2 Å². The van der Waals surface area contributed by atoms with E-state index in [1.165, 1.54) is 0 Å². The number of fused-ring (bicyclic) bond motifs is 2. The van der Waals surface area contributed by atoms with Gasteiger partial charge in [-0.1, -0.05) is 24.3 Å². The molecule has 3 heterocycles. The predicted octanol–water partition coefficient (Wildman–Crippen LogP) is 4.24. The van der Waals surface area contributed by atoms with Crippen molar-refractivity contribution in [1.82, 2.24) is 9.88 Å². The van der Waals surface area contributed by atoms with Gasteiger partial charge in [-0.3, -0.25) is 4.79 Å². The molecule has 1 fully saturated rings. The molecule has 0 saturated carbocycles. The zero-order chi connectivity index (χ0) is 18.9. The molecule has 0 unspecified atom stereocenters. The minimum atomic E-state index is 0.106.